The summed E-state index contributed by atoms with van der Waals surface area (Å²) in [6.07, 6.45) is -2.20. The van der Waals surface area contributed by atoms with Crippen molar-refractivity contribution in [1.82, 2.24) is 9.88 Å². The maximum absolute atomic E-state index is 13.8. The molecule has 2 aromatic rings. The molecule has 9 heteroatoms. The number of likely N-dealkylation sites (tertiary alicyclic amines) is 1. The van der Waals surface area contributed by atoms with E-state index in [9.17, 15) is 18.0 Å². The van der Waals surface area contributed by atoms with E-state index in [1.165, 1.54) is 7.11 Å². The monoisotopic (exact) mass is 534 g/mol. The second-order valence-electron chi connectivity index (χ2n) is 11.3. The molecule has 2 aliphatic heterocycles. The lowest BCUT2D eigenvalue weighted by atomic mass is 9.77. The number of carbonyl (C=O) groups excluding carboxylic acids is 1. The van der Waals surface area contributed by atoms with E-state index in [4.69, 9.17) is 14.2 Å². The van der Waals surface area contributed by atoms with Gasteiger partial charge >= 0.3 is 6.18 Å². The highest BCUT2D eigenvalue weighted by Crippen LogP contribution is 2.47. The van der Waals surface area contributed by atoms with Crippen LogP contribution in [0.3, 0.4) is 0 Å². The molecule has 0 aliphatic carbocycles. The van der Waals surface area contributed by atoms with Gasteiger partial charge in [0.2, 0.25) is 5.88 Å². The van der Waals surface area contributed by atoms with Crippen LogP contribution in [0.5, 0.6) is 5.88 Å². The summed E-state index contributed by atoms with van der Waals surface area (Å²) in [5.41, 5.74) is 1.07. The van der Waals surface area contributed by atoms with Crippen molar-refractivity contribution >= 4 is 5.91 Å². The van der Waals surface area contributed by atoms with Crippen molar-refractivity contribution in [3.05, 3.63) is 58.8 Å². The first-order chi connectivity index (χ1) is 17.9. The fraction of sp³-hybridized carbons (Fsp3) is 0.586. The Morgan fingerprint density at radius 2 is 1.92 bits per heavy atom. The highest BCUT2D eigenvalue weighted by Gasteiger charge is 2.51. The predicted octanol–water partition coefficient (Wildman–Crippen LogP) is 6.12. The highest BCUT2D eigenvalue weighted by molar-refractivity contribution is 5.82. The zero-order valence-corrected chi connectivity index (χ0v) is 22.7. The Morgan fingerprint density at radius 1 is 1.18 bits per heavy atom. The number of methoxy groups -OCH3 is 1. The molecule has 4 rings (SSSR count). The molecule has 1 aromatic carbocycles. The minimum atomic E-state index is -4.54. The Hall–Kier alpha value is -2.65. The van der Waals surface area contributed by atoms with Gasteiger partial charge in [-0.25, -0.2) is 4.98 Å². The van der Waals surface area contributed by atoms with Crippen molar-refractivity contribution in [3.8, 4) is 5.88 Å². The van der Waals surface area contributed by atoms with E-state index in [0.717, 1.165) is 36.2 Å². The summed E-state index contributed by atoms with van der Waals surface area (Å²) >= 11 is 0. The van der Waals surface area contributed by atoms with E-state index in [2.05, 4.69) is 25.8 Å². The first-order valence-corrected chi connectivity index (χ1v) is 13.1. The summed E-state index contributed by atoms with van der Waals surface area (Å²) in [7, 11) is 1.37. The standard InChI is InChI=1S/C29H37F3N2O4/c1-18-10-6-7-11-21(18)24-25(38-17-19-14-20(29(30,31)32)15-33-26(19)36-5)22(28(2,3)4)16-34(24)27(35)23-12-8-9-13-37-23/h6-7,10-11,14-15,22-25H,8-9,12-13,16-17H2,1-5H3/t22-,23+,24+,25+/m1/s1. The average Bonchev–Trinajstić information content (AvgIpc) is 3.27. The Bertz CT molecular complexity index is 1130. The Morgan fingerprint density at radius 3 is 2.53 bits per heavy atom. The minimum absolute atomic E-state index is 0.0587. The van der Waals surface area contributed by atoms with Gasteiger partial charge in [0.05, 0.1) is 31.4 Å². The van der Waals surface area contributed by atoms with Gasteiger partial charge in [-0.1, -0.05) is 45.0 Å². The van der Waals surface area contributed by atoms with Crippen molar-refractivity contribution in [2.75, 3.05) is 20.3 Å². The largest absolute Gasteiger partial charge is 0.481 e. The fourth-order valence-corrected chi connectivity index (χ4v) is 5.54. The van der Waals surface area contributed by atoms with Crippen LogP contribution in [0.25, 0.3) is 0 Å². The molecule has 3 heterocycles. The van der Waals surface area contributed by atoms with Gasteiger partial charge in [-0.15, -0.1) is 0 Å². The first-order valence-electron chi connectivity index (χ1n) is 13.1. The minimum Gasteiger partial charge on any atom is -0.481 e. The molecule has 0 saturated carbocycles. The molecule has 1 aromatic heterocycles. The Balaban J connectivity index is 1.73. The summed E-state index contributed by atoms with van der Waals surface area (Å²) in [5.74, 6) is -0.0553. The summed E-state index contributed by atoms with van der Waals surface area (Å²) in [5, 5.41) is 0. The van der Waals surface area contributed by atoms with E-state index in [-0.39, 0.29) is 35.3 Å². The number of amides is 1. The molecule has 38 heavy (non-hydrogen) atoms. The van der Waals surface area contributed by atoms with E-state index >= 15 is 0 Å². The Labute approximate surface area is 222 Å². The normalized spacial score (nSPS) is 24.5. The summed E-state index contributed by atoms with van der Waals surface area (Å²) in [6.45, 7) is 9.17. The molecule has 0 spiro atoms. The van der Waals surface area contributed by atoms with Crippen LogP contribution in [0.4, 0.5) is 13.2 Å². The summed E-state index contributed by atoms with van der Waals surface area (Å²) in [6, 6.07) is 8.48. The zero-order valence-electron chi connectivity index (χ0n) is 22.7. The van der Waals surface area contributed by atoms with Crippen molar-refractivity contribution in [1.29, 1.82) is 0 Å². The van der Waals surface area contributed by atoms with Crippen LogP contribution >= 0.6 is 0 Å². The lowest BCUT2D eigenvalue weighted by molar-refractivity contribution is -0.149. The molecule has 0 unspecified atom stereocenters. The summed E-state index contributed by atoms with van der Waals surface area (Å²) < 4.78 is 57.9. The smallest absolute Gasteiger partial charge is 0.417 e. The molecule has 4 atom stereocenters. The van der Waals surface area contributed by atoms with E-state index in [1.54, 1.807) is 0 Å². The van der Waals surface area contributed by atoms with Gasteiger partial charge < -0.3 is 19.1 Å². The molecule has 0 bridgehead atoms. The van der Waals surface area contributed by atoms with Gasteiger partial charge in [-0.2, -0.15) is 13.2 Å². The number of hydrogen-bond donors (Lipinski definition) is 0. The number of ether oxygens (including phenoxy) is 3. The topological polar surface area (TPSA) is 60.9 Å². The number of alkyl halides is 3. The number of rotatable bonds is 6. The number of benzene rings is 1. The molecule has 0 N–H and O–H groups in total. The van der Waals surface area contributed by atoms with Gasteiger partial charge in [-0.05, 0) is 48.8 Å². The quantitative estimate of drug-likeness (QED) is 0.447. The number of carbonyl (C=O) groups is 1. The number of pyridine rings is 1. The van der Waals surface area contributed by atoms with Gasteiger partial charge in [0.15, 0.2) is 0 Å². The lowest BCUT2D eigenvalue weighted by Gasteiger charge is -2.34. The van der Waals surface area contributed by atoms with Crippen LogP contribution in [0, 0.1) is 18.3 Å². The number of aryl methyl sites for hydroxylation is 1. The maximum atomic E-state index is 13.8. The first kappa shape index (κ1) is 28.4. The molecule has 6 nitrogen and oxygen atoms in total. The highest BCUT2D eigenvalue weighted by atomic mass is 19.4. The van der Waals surface area contributed by atoms with Crippen LogP contribution in [0.1, 0.15) is 68.3 Å². The van der Waals surface area contributed by atoms with E-state index in [1.807, 2.05) is 36.1 Å². The van der Waals surface area contributed by atoms with Crippen LogP contribution in [-0.2, 0) is 27.1 Å². The fourth-order valence-electron chi connectivity index (χ4n) is 5.54. The molecular formula is C29H37F3N2O4. The second kappa shape index (κ2) is 11.2. The van der Waals surface area contributed by atoms with Gasteiger partial charge in [0, 0.05) is 30.8 Å². The van der Waals surface area contributed by atoms with Crippen molar-refractivity contribution in [2.24, 2.45) is 11.3 Å². The van der Waals surface area contributed by atoms with Crippen LogP contribution in [0.2, 0.25) is 0 Å². The predicted molar refractivity (Wildman–Crippen MR) is 137 cm³/mol. The third kappa shape index (κ3) is 5.99. The van der Waals surface area contributed by atoms with Gasteiger partial charge in [0.1, 0.15) is 6.10 Å². The van der Waals surface area contributed by atoms with Crippen LogP contribution in [-0.4, -0.2) is 48.3 Å². The molecular weight excluding hydrogens is 497 g/mol. The molecule has 2 aliphatic rings. The number of aromatic nitrogens is 1. The molecule has 2 saturated heterocycles. The van der Waals surface area contributed by atoms with Gasteiger partial charge in [0.25, 0.3) is 5.91 Å². The molecule has 2 fully saturated rings. The number of halogens is 3. The van der Waals surface area contributed by atoms with Crippen molar-refractivity contribution < 1.29 is 32.2 Å². The van der Waals surface area contributed by atoms with E-state index < -0.39 is 30.0 Å². The van der Waals surface area contributed by atoms with Crippen molar-refractivity contribution in [3.63, 3.8) is 0 Å². The third-order valence-corrected chi connectivity index (χ3v) is 7.67. The molecule has 1 amide bonds. The van der Waals surface area contributed by atoms with E-state index in [0.29, 0.717) is 19.6 Å². The second-order valence-corrected chi connectivity index (χ2v) is 11.3. The average molecular weight is 535 g/mol. The molecule has 208 valence electrons. The maximum Gasteiger partial charge on any atom is 0.417 e. The van der Waals surface area contributed by atoms with Gasteiger partial charge in [-0.3, -0.25) is 4.79 Å². The van der Waals surface area contributed by atoms with Crippen LogP contribution in [0.15, 0.2) is 36.5 Å². The van der Waals surface area contributed by atoms with Crippen LogP contribution < -0.4 is 4.74 Å². The summed E-state index contributed by atoms with van der Waals surface area (Å²) in [4.78, 5) is 19.6. The number of nitrogens with zero attached hydrogens (tertiary/aromatic N) is 2. The number of hydrogen-bond acceptors (Lipinski definition) is 5. The third-order valence-electron chi connectivity index (χ3n) is 7.67. The Kier molecular flexibility index (Phi) is 8.37. The molecule has 0 radical (unpaired) electrons. The SMILES string of the molecule is COc1ncc(C(F)(F)F)cc1CO[C@H]1[C@H](C(C)(C)C)CN(C(=O)[C@@H]2CCCCO2)[C@H]1c1ccccc1C. The lowest BCUT2D eigenvalue weighted by Crippen LogP contribution is -2.43. The zero-order chi connectivity index (χ0) is 27.7. The van der Waals surface area contributed by atoms with Crippen molar-refractivity contribution in [2.45, 2.75) is 78.0 Å².